The number of hydrogen-bond acceptors (Lipinski definition) is 2. The highest BCUT2D eigenvalue weighted by molar-refractivity contribution is 5.79. The Kier molecular flexibility index (Phi) is 3.43. The number of carbonyl (C=O) groups excluding carboxylic acids is 1. The quantitative estimate of drug-likeness (QED) is 0.687. The fraction of sp³-hybridized carbons (Fsp3) is 0.300. The molecule has 1 aromatic rings. The molecule has 0 aliphatic carbocycles. The number of likely N-dealkylation sites (N-methyl/N-ethyl adjacent to an activating group) is 1. The molecular formula is C10H13N2O. The van der Waals surface area contributed by atoms with E-state index < -0.39 is 0 Å². The number of amides is 1. The van der Waals surface area contributed by atoms with Crippen LogP contribution in [0.15, 0.2) is 24.4 Å². The van der Waals surface area contributed by atoms with Crippen LogP contribution in [-0.4, -0.2) is 29.4 Å². The molecule has 0 aliphatic heterocycles. The van der Waals surface area contributed by atoms with Gasteiger partial charge >= 0.3 is 0 Å². The third-order valence-corrected chi connectivity index (χ3v) is 1.86. The summed E-state index contributed by atoms with van der Waals surface area (Å²) in [6, 6.07) is 5.76. The number of rotatable bonds is 3. The Balaban J connectivity index is 2.39. The van der Waals surface area contributed by atoms with Gasteiger partial charge in [-0.3, -0.25) is 9.78 Å². The van der Waals surface area contributed by atoms with Gasteiger partial charge in [0.25, 0.3) is 0 Å². The van der Waals surface area contributed by atoms with Crippen LogP contribution in [0.1, 0.15) is 5.69 Å². The molecule has 1 rings (SSSR count). The summed E-state index contributed by atoms with van der Waals surface area (Å²) >= 11 is 0. The first-order chi connectivity index (χ1) is 6.20. The third kappa shape index (κ3) is 3.23. The van der Waals surface area contributed by atoms with E-state index >= 15 is 0 Å². The van der Waals surface area contributed by atoms with Crippen molar-refractivity contribution in [1.82, 2.24) is 9.88 Å². The fourth-order valence-corrected chi connectivity index (χ4v) is 0.953. The van der Waals surface area contributed by atoms with E-state index in [2.05, 4.69) is 11.9 Å². The van der Waals surface area contributed by atoms with Crippen molar-refractivity contribution in [3.63, 3.8) is 0 Å². The fourth-order valence-electron chi connectivity index (χ4n) is 0.953. The molecule has 3 heteroatoms. The lowest BCUT2D eigenvalue weighted by molar-refractivity contribution is -0.125. The summed E-state index contributed by atoms with van der Waals surface area (Å²) in [4.78, 5) is 16.5. The highest BCUT2D eigenvalue weighted by atomic mass is 16.2. The Labute approximate surface area is 78.4 Å². The molecule has 0 atom stereocenters. The Bertz CT molecular complexity index is 272. The summed E-state index contributed by atoms with van der Waals surface area (Å²) in [5, 5.41) is 0. The van der Waals surface area contributed by atoms with Gasteiger partial charge in [0.05, 0.1) is 0 Å². The molecule has 0 aliphatic rings. The Morgan fingerprint density at radius 3 is 2.92 bits per heavy atom. The molecule has 3 nitrogen and oxygen atoms in total. The van der Waals surface area contributed by atoms with Crippen LogP contribution in [0.25, 0.3) is 0 Å². The molecule has 0 spiro atoms. The van der Waals surface area contributed by atoms with E-state index in [-0.39, 0.29) is 5.91 Å². The van der Waals surface area contributed by atoms with Crippen molar-refractivity contribution < 1.29 is 4.79 Å². The van der Waals surface area contributed by atoms with Crippen molar-refractivity contribution in [2.75, 3.05) is 13.6 Å². The van der Waals surface area contributed by atoms with E-state index in [1.807, 2.05) is 18.2 Å². The molecule has 69 valence electrons. The second-order valence-corrected chi connectivity index (χ2v) is 2.89. The van der Waals surface area contributed by atoms with Gasteiger partial charge in [0.2, 0.25) is 5.91 Å². The molecule has 1 amide bonds. The topological polar surface area (TPSA) is 33.2 Å². The zero-order valence-electron chi connectivity index (χ0n) is 7.73. The van der Waals surface area contributed by atoms with Crippen molar-refractivity contribution in [3.8, 4) is 0 Å². The van der Waals surface area contributed by atoms with E-state index in [9.17, 15) is 4.79 Å². The van der Waals surface area contributed by atoms with Crippen LogP contribution in [0.4, 0.5) is 0 Å². The zero-order chi connectivity index (χ0) is 9.68. The molecule has 1 aromatic heterocycles. The van der Waals surface area contributed by atoms with Crippen LogP contribution in [0.3, 0.4) is 0 Å². The molecule has 0 unspecified atom stereocenters. The van der Waals surface area contributed by atoms with Gasteiger partial charge in [0.1, 0.15) is 0 Å². The lowest BCUT2D eigenvalue weighted by atomic mass is 10.2. The number of aromatic nitrogens is 1. The molecule has 0 fully saturated rings. The van der Waals surface area contributed by atoms with Gasteiger partial charge in [-0.15, -0.1) is 0 Å². The summed E-state index contributed by atoms with van der Waals surface area (Å²) in [5.74, 6) is -0.157. The molecule has 0 bridgehead atoms. The van der Waals surface area contributed by atoms with Crippen LogP contribution in [0.5, 0.6) is 0 Å². The second kappa shape index (κ2) is 4.60. The average Bonchev–Trinajstić information content (AvgIpc) is 2.15. The maximum absolute atomic E-state index is 10.8. The Hall–Kier alpha value is -1.38. The van der Waals surface area contributed by atoms with Gasteiger partial charge in [-0.2, -0.15) is 0 Å². The molecule has 1 heterocycles. The largest absolute Gasteiger partial charge is 0.345 e. The second-order valence-electron chi connectivity index (χ2n) is 2.89. The first-order valence-electron chi connectivity index (χ1n) is 4.17. The summed E-state index contributed by atoms with van der Waals surface area (Å²) in [6.45, 7) is 3.98. The molecule has 13 heavy (non-hydrogen) atoms. The number of pyridine rings is 1. The SMILES string of the molecule is [CH2]C(=O)N(C)CCc1ccccn1. The maximum Gasteiger partial charge on any atom is 0.222 e. The van der Waals surface area contributed by atoms with Crippen molar-refractivity contribution in [3.05, 3.63) is 37.0 Å². The lowest BCUT2D eigenvalue weighted by Gasteiger charge is -2.13. The van der Waals surface area contributed by atoms with Crippen LogP contribution < -0.4 is 0 Å². The highest BCUT2D eigenvalue weighted by Gasteiger charge is 2.01. The van der Waals surface area contributed by atoms with Crippen LogP contribution in [0.2, 0.25) is 0 Å². The predicted octanol–water partition coefficient (Wildman–Crippen LogP) is 0.917. The van der Waals surface area contributed by atoms with Gasteiger partial charge in [-0.25, -0.2) is 0 Å². The monoisotopic (exact) mass is 177 g/mol. The van der Waals surface area contributed by atoms with Gasteiger partial charge in [-0.1, -0.05) is 6.07 Å². The Morgan fingerprint density at radius 2 is 2.38 bits per heavy atom. The van der Waals surface area contributed by atoms with Crippen molar-refractivity contribution in [1.29, 1.82) is 0 Å². The maximum atomic E-state index is 10.8. The minimum absolute atomic E-state index is 0.157. The first-order valence-corrected chi connectivity index (χ1v) is 4.17. The average molecular weight is 177 g/mol. The lowest BCUT2D eigenvalue weighted by Crippen LogP contribution is -2.26. The molecular weight excluding hydrogens is 164 g/mol. The van der Waals surface area contributed by atoms with Crippen LogP contribution in [-0.2, 0) is 11.2 Å². The number of hydrogen-bond donors (Lipinski definition) is 0. The van der Waals surface area contributed by atoms with E-state index in [1.165, 1.54) is 0 Å². The molecule has 0 saturated carbocycles. The minimum atomic E-state index is -0.157. The van der Waals surface area contributed by atoms with E-state index in [4.69, 9.17) is 0 Å². The first kappa shape index (κ1) is 9.71. The third-order valence-electron chi connectivity index (χ3n) is 1.86. The number of carbonyl (C=O) groups is 1. The van der Waals surface area contributed by atoms with E-state index in [0.29, 0.717) is 6.54 Å². The zero-order valence-corrected chi connectivity index (χ0v) is 7.73. The van der Waals surface area contributed by atoms with Crippen LogP contribution in [0, 0.1) is 6.92 Å². The number of nitrogens with zero attached hydrogens (tertiary/aromatic N) is 2. The van der Waals surface area contributed by atoms with Gasteiger partial charge in [0, 0.05) is 38.8 Å². The van der Waals surface area contributed by atoms with Gasteiger partial charge < -0.3 is 4.90 Å². The molecule has 0 aromatic carbocycles. The normalized spacial score (nSPS) is 9.69. The summed E-state index contributed by atoms with van der Waals surface area (Å²) in [5.41, 5.74) is 0.996. The van der Waals surface area contributed by atoms with Crippen molar-refractivity contribution in [2.24, 2.45) is 0 Å². The Morgan fingerprint density at radius 1 is 1.62 bits per heavy atom. The van der Waals surface area contributed by atoms with Crippen molar-refractivity contribution in [2.45, 2.75) is 6.42 Å². The minimum Gasteiger partial charge on any atom is -0.345 e. The summed E-state index contributed by atoms with van der Waals surface area (Å²) in [6.07, 6.45) is 2.53. The molecule has 0 N–H and O–H groups in total. The van der Waals surface area contributed by atoms with Gasteiger partial charge in [-0.05, 0) is 12.1 Å². The van der Waals surface area contributed by atoms with Crippen LogP contribution >= 0.6 is 0 Å². The molecule has 0 saturated heterocycles. The summed E-state index contributed by atoms with van der Waals surface area (Å²) in [7, 11) is 1.73. The van der Waals surface area contributed by atoms with Crippen molar-refractivity contribution >= 4 is 5.91 Å². The molecule has 1 radical (unpaired) electrons. The smallest absolute Gasteiger partial charge is 0.222 e. The predicted molar refractivity (Wildman–Crippen MR) is 50.9 cm³/mol. The van der Waals surface area contributed by atoms with E-state index in [1.54, 1.807) is 18.1 Å². The van der Waals surface area contributed by atoms with E-state index in [0.717, 1.165) is 12.1 Å². The highest BCUT2D eigenvalue weighted by Crippen LogP contribution is 1.96. The van der Waals surface area contributed by atoms with Gasteiger partial charge in [0.15, 0.2) is 0 Å². The standard InChI is InChI=1S/C10H13N2O/c1-9(13)12(2)8-6-10-5-3-4-7-11-10/h3-5,7H,1,6,8H2,2H3. The summed E-state index contributed by atoms with van der Waals surface area (Å²) < 4.78 is 0.